The Labute approximate surface area is 171 Å². The predicted molar refractivity (Wildman–Crippen MR) is 109 cm³/mol. The summed E-state index contributed by atoms with van der Waals surface area (Å²) < 4.78 is 5.34. The van der Waals surface area contributed by atoms with E-state index in [4.69, 9.17) is 16.3 Å². The first-order valence-electron chi connectivity index (χ1n) is 9.04. The van der Waals surface area contributed by atoms with Gasteiger partial charge in [0.15, 0.2) is 0 Å². The van der Waals surface area contributed by atoms with Crippen LogP contribution < -0.4 is 20.3 Å². The number of benzene rings is 1. The lowest BCUT2D eigenvalue weighted by Crippen LogP contribution is -2.44. The van der Waals surface area contributed by atoms with E-state index in [-0.39, 0.29) is 42.0 Å². The second kappa shape index (κ2) is 9.13. The van der Waals surface area contributed by atoms with Crippen molar-refractivity contribution in [3.8, 4) is 5.75 Å². The number of hydrogen-bond acceptors (Lipinski definition) is 4. The highest BCUT2D eigenvalue weighted by molar-refractivity contribution is 6.31. The molecule has 1 unspecified atom stereocenters. The third-order valence-corrected chi connectivity index (χ3v) is 5.66. The molecule has 2 fully saturated rings. The molecule has 1 aromatic rings. The maximum Gasteiger partial charge on any atom is 0.227 e. The molecule has 2 amide bonds. The zero-order valence-electron chi connectivity index (χ0n) is 15.7. The summed E-state index contributed by atoms with van der Waals surface area (Å²) in [5.41, 5.74) is 0.741. The van der Waals surface area contributed by atoms with Crippen LogP contribution in [0.25, 0.3) is 0 Å². The summed E-state index contributed by atoms with van der Waals surface area (Å²) in [6.07, 6.45) is 2.30. The van der Waals surface area contributed by atoms with Gasteiger partial charge in [-0.1, -0.05) is 18.5 Å². The third kappa shape index (κ3) is 5.06. The van der Waals surface area contributed by atoms with Crippen LogP contribution in [0.2, 0.25) is 5.02 Å². The van der Waals surface area contributed by atoms with Crippen molar-refractivity contribution in [3.05, 3.63) is 23.2 Å². The minimum atomic E-state index is -0.350. The average molecular weight is 416 g/mol. The SMILES string of the molecule is COc1ccc(Cl)cc1N1CC(C(=O)NCC2(C)CCNCC2)CC1=O.Cl. The first kappa shape index (κ1) is 21.8. The Balaban J connectivity index is 0.00000261. The summed E-state index contributed by atoms with van der Waals surface area (Å²) in [7, 11) is 1.55. The van der Waals surface area contributed by atoms with Gasteiger partial charge in [-0.25, -0.2) is 0 Å². The summed E-state index contributed by atoms with van der Waals surface area (Å²) in [5.74, 6) is 0.0860. The van der Waals surface area contributed by atoms with Gasteiger partial charge in [0.05, 0.1) is 18.7 Å². The van der Waals surface area contributed by atoms with E-state index in [1.807, 2.05) is 0 Å². The number of amides is 2. The molecule has 1 aromatic carbocycles. The second-order valence-electron chi connectivity index (χ2n) is 7.50. The molecule has 2 saturated heterocycles. The van der Waals surface area contributed by atoms with Crippen molar-refractivity contribution in [1.82, 2.24) is 10.6 Å². The molecule has 2 N–H and O–H groups in total. The van der Waals surface area contributed by atoms with E-state index >= 15 is 0 Å². The lowest BCUT2D eigenvalue weighted by molar-refractivity contribution is -0.126. The Kier molecular flexibility index (Phi) is 7.37. The molecular formula is C19H27Cl2N3O3. The van der Waals surface area contributed by atoms with Gasteiger partial charge in [-0.3, -0.25) is 9.59 Å². The molecule has 150 valence electrons. The van der Waals surface area contributed by atoms with Crippen LogP contribution in [0.4, 0.5) is 5.69 Å². The summed E-state index contributed by atoms with van der Waals surface area (Å²) in [5, 5.41) is 6.93. The molecule has 0 bridgehead atoms. The van der Waals surface area contributed by atoms with E-state index in [1.54, 1.807) is 30.2 Å². The van der Waals surface area contributed by atoms with E-state index in [2.05, 4.69) is 17.6 Å². The second-order valence-corrected chi connectivity index (χ2v) is 7.94. The predicted octanol–water partition coefficient (Wildman–Crippen LogP) is 2.63. The Morgan fingerprint density at radius 2 is 2.11 bits per heavy atom. The fourth-order valence-electron chi connectivity index (χ4n) is 3.64. The van der Waals surface area contributed by atoms with Gasteiger partial charge in [-0.15, -0.1) is 12.4 Å². The number of ether oxygens (including phenoxy) is 1. The van der Waals surface area contributed by atoms with Gasteiger partial charge in [0.25, 0.3) is 0 Å². The number of carbonyl (C=O) groups excluding carboxylic acids is 2. The van der Waals surface area contributed by atoms with Crippen molar-refractivity contribution in [3.63, 3.8) is 0 Å². The summed E-state index contributed by atoms with van der Waals surface area (Å²) in [4.78, 5) is 26.7. The zero-order valence-corrected chi connectivity index (χ0v) is 17.3. The topological polar surface area (TPSA) is 70.7 Å². The van der Waals surface area contributed by atoms with Crippen molar-refractivity contribution in [1.29, 1.82) is 0 Å². The fraction of sp³-hybridized carbons (Fsp3) is 0.579. The highest BCUT2D eigenvalue weighted by Gasteiger charge is 2.37. The van der Waals surface area contributed by atoms with E-state index in [9.17, 15) is 9.59 Å². The number of nitrogens with one attached hydrogen (secondary N) is 2. The minimum absolute atomic E-state index is 0. The number of methoxy groups -OCH3 is 1. The molecule has 0 saturated carbocycles. The quantitative estimate of drug-likeness (QED) is 0.775. The van der Waals surface area contributed by atoms with Crippen molar-refractivity contribution >= 4 is 41.5 Å². The number of piperidine rings is 1. The van der Waals surface area contributed by atoms with Crippen molar-refractivity contribution in [2.75, 3.05) is 38.2 Å². The van der Waals surface area contributed by atoms with Crippen molar-refractivity contribution in [2.24, 2.45) is 11.3 Å². The standard InChI is InChI=1S/C19H26ClN3O3.ClH/c1-19(5-7-21-8-6-19)12-22-18(25)13-9-17(24)23(11-13)15-10-14(20)3-4-16(15)26-2;/h3-4,10,13,21H,5-9,11-12H2,1-2H3,(H,22,25);1H. The highest BCUT2D eigenvalue weighted by atomic mass is 35.5. The number of halogens is 2. The Morgan fingerprint density at radius 3 is 2.78 bits per heavy atom. The molecule has 0 spiro atoms. The number of hydrogen-bond donors (Lipinski definition) is 2. The maximum atomic E-state index is 12.6. The van der Waals surface area contributed by atoms with Crippen molar-refractivity contribution in [2.45, 2.75) is 26.2 Å². The smallest absolute Gasteiger partial charge is 0.227 e. The molecule has 27 heavy (non-hydrogen) atoms. The maximum absolute atomic E-state index is 12.6. The molecule has 0 radical (unpaired) electrons. The minimum Gasteiger partial charge on any atom is -0.495 e. The molecule has 6 nitrogen and oxygen atoms in total. The molecule has 2 aliphatic heterocycles. The summed E-state index contributed by atoms with van der Waals surface area (Å²) in [6.45, 7) is 5.17. The number of nitrogens with zero attached hydrogens (tertiary/aromatic N) is 1. The molecular weight excluding hydrogens is 389 g/mol. The zero-order chi connectivity index (χ0) is 18.7. The van der Waals surface area contributed by atoms with Crippen LogP contribution >= 0.6 is 24.0 Å². The first-order chi connectivity index (χ1) is 12.4. The molecule has 1 atom stereocenters. The molecule has 0 aromatic heterocycles. The van der Waals surface area contributed by atoms with Crippen LogP contribution in [0, 0.1) is 11.3 Å². The number of carbonyl (C=O) groups is 2. The highest BCUT2D eigenvalue weighted by Crippen LogP contribution is 2.35. The number of rotatable bonds is 5. The largest absolute Gasteiger partial charge is 0.495 e. The Bertz CT molecular complexity index is 693. The van der Waals surface area contributed by atoms with Crippen LogP contribution in [0.5, 0.6) is 5.75 Å². The lowest BCUT2D eigenvalue weighted by Gasteiger charge is -2.34. The van der Waals surface area contributed by atoms with Crippen molar-refractivity contribution < 1.29 is 14.3 Å². The normalized spacial score (nSPS) is 21.5. The van der Waals surface area contributed by atoms with Crippen LogP contribution in [0.15, 0.2) is 18.2 Å². The van der Waals surface area contributed by atoms with E-state index in [0.717, 1.165) is 25.9 Å². The van der Waals surface area contributed by atoms with Gasteiger partial charge in [-0.05, 0) is 49.5 Å². The van der Waals surface area contributed by atoms with E-state index in [1.165, 1.54) is 0 Å². The van der Waals surface area contributed by atoms with E-state index < -0.39 is 0 Å². The first-order valence-corrected chi connectivity index (χ1v) is 9.42. The molecule has 8 heteroatoms. The summed E-state index contributed by atoms with van der Waals surface area (Å²) >= 11 is 6.07. The molecule has 0 aliphatic carbocycles. The Morgan fingerprint density at radius 1 is 1.41 bits per heavy atom. The lowest BCUT2D eigenvalue weighted by atomic mass is 9.81. The molecule has 2 aliphatic rings. The third-order valence-electron chi connectivity index (χ3n) is 5.43. The fourth-order valence-corrected chi connectivity index (χ4v) is 3.81. The van der Waals surface area contributed by atoms with Crippen LogP contribution in [0.3, 0.4) is 0 Å². The number of anilines is 1. The summed E-state index contributed by atoms with van der Waals surface area (Å²) in [6, 6.07) is 5.15. The van der Waals surface area contributed by atoms with E-state index in [0.29, 0.717) is 29.5 Å². The molecule has 3 rings (SSSR count). The van der Waals surface area contributed by atoms with Crippen LogP contribution in [0.1, 0.15) is 26.2 Å². The van der Waals surface area contributed by atoms with Gasteiger partial charge >= 0.3 is 0 Å². The van der Waals surface area contributed by atoms with Crippen LogP contribution in [-0.4, -0.2) is 45.1 Å². The van der Waals surface area contributed by atoms with Gasteiger partial charge in [0, 0.05) is 24.5 Å². The van der Waals surface area contributed by atoms with Crippen LogP contribution in [-0.2, 0) is 9.59 Å². The average Bonchev–Trinajstić information content (AvgIpc) is 3.02. The van der Waals surface area contributed by atoms with Gasteiger partial charge in [0.1, 0.15) is 5.75 Å². The molecule has 2 heterocycles. The van der Waals surface area contributed by atoms with Gasteiger partial charge < -0.3 is 20.3 Å². The van der Waals surface area contributed by atoms with Gasteiger partial charge in [-0.2, -0.15) is 0 Å². The monoisotopic (exact) mass is 415 g/mol. The Hall–Kier alpha value is -1.50. The van der Waals surface area contributed by atoms with Gasteiger partial charge in [0.2, 0.25) is 11.8 Å².